The van der Waals surface area contributed by atoms with Crippen LogP contribution in [0, 0.1) is 0 Å². The molecule has 0 radical (unpaired) electrons. The summed E-state index contributed by atoms with van der Waals surface area (Å²) >= 11 is 0.777. The van der Waals surface area contributed by atoms with Crippen molar-refractivity contribution in [1.29, 1.82) is 0 Å². The van der Waals surface area contributed by atoms with Gasteiger partial charge >= 0.3 is 0 Å². The summed E-state index contributed by atoms with van der Waals surface area (Å²) in [6.07, 6.45) is 1.42. The molecule has 0 aromatic heterocycles. The fraction of sp³-hybridized carbons (Fsp3) is 0.333. The van der Waals surface area contributed by atoms with Crippen LogP contribution in [0.3, 0.4) is 0 Å². The van der Waals surface area contributed by atoms with Gasteiger partial charge in [-0.15, -0.1) is 4.52 Å². The second-order valence-electron chi connectivity index (χ2n) is 1.57. The Morgan fingerprint density at radius 1 is 1.70 bits per heavy atom. The van der Waals surface area contributed by atoms with Gasteiger partial charge in [0.1, 0.15) is 4.24 Å². The highest BCUT2D eigenvalue weighted by atomic mass is 32.3. The molecule has 56 valence electrons. The molecule has 10 heavy (non-hydrogen) atoms. The molecule has 0 amide bonds. The van der Waals surface area contributed by atoms with Gasteiger partial charge in [-0.3, -0.25) is 0 Å². The highest BCUT2D eigenvalue weighted by Crippen LogP contribution is 2.23. The largest absolute Gasteiger partial charge is 0.245 e. The number of hydrogen-bond donors (Lipinski definition) is 1. The average molecular weight is 179 g/mol. The smallest absolute Gasteiger partial charge is 0.224 e. The summed E-state index contributed by atoms with van der Waals surface area (Å²) in [6.45, 7) is 0.290. The van der Waals surface area contributed by atoms with Crippen molar-refractivity contribution in [3.05, 3.63) is 10.3 Å². The summed E-state index contributed by atoms with van der Waals surface area (Å²) in [5.74, 6) is 0. The van der Waals surface area contributed by atoms with E-state index in [9.17, 15) is 8.42 Å². The lowest BCUT2D eigenvalue weighted by Gasteiger charge is -2.00. The zero-order valence-corrected chi connectivity index (χ0v) is 6.52. The lowest BCUT2D eigenvalue weighted by atomic mass is 10.7. The van der Waals surface area contributed by atoms with Gasteiger partial charge in [-0.05, 0) is 6.08 Å². The normalized spacial score (nSPS) is 18.7. The summed E-state index contributed by atoms with van der Waals surface area (Å²) in [6, 6.07) is 0. The number of primary sulfonamides is 1. The maximum absolute atomic E-state index is 10.6. The average Bonchev–Trinajstić information content (AvgIpc) is 1.88. The highest BCUT2D eigenvalue weighted by molar-refractivity contribution is 8.17. The summed E-state index contributed by atoms with van der Waals surface area (Å²) < 4.78 is 24.7. The molecule has 0 spiro atoms. The molecule has 1 heterocycles. The molecule has 1 aliphatic rings. The number of nitrogens with zero attached hydrogens (tertiary/aromatic N) is 2. The van der Waals surface area contributed by atoms with E-state index >= 15 is 0 Å². The van der Waals surface area contributed by atoms with Crippen LogP contribution in [0.5, 0.6) is 0 Å². The molecule has 0 aromatic carbocycles. The van der Waals surface area contributed by atoms with Gasteiger partial charge in [0, 0.05) is 11.9 Å². The van der Waals surface area contributed by atoms with Gasteiger partial charge in [0.15, 0.2) is 0 Å². The Labute approximate surface area is 62.6 Å². The molecule has 0 fully saturated rings. The van der Waals surface area contributed by atoms with Crippen LogP contribution in [0.25, 0.3) is 0 Å². The molecule has 2 N–H and O–H groups in total. The van der Waals surface area contributed by atoms with E-state index in [2.05, 4.69) is 9.63 Å². The van der Waals surface area contributed by atoms with E-state index in [1.165, 1.54) is 6.08 Å². The second kappa shape index (κ2) is 2.69. The van der Waals surface area contributed by atoms with Crippen molar-refractivity contribution in [3.63, 3.8) is 0 Å². The minimum Gasteiger partial charge on any atom is -0.224 e. The van der Waals surface area contributed by atoms with Crippen molar-refractivity contribution in [2.24, 2.45) is 14.8 Å². The van der Waals surface area contributed by atoms with Crippen LogP contribution < -0.4 is 5.14 Å². The standard InChI is InChI=1S/C3H5N3O2S2/c4-10(7,8)3-1-2-5-6-9-3/h1H,2H2,(H2,4,7,8). The van der Waals surface area contributed by atoms with Gasteiger partial charge in [-0.2, -0.15) is 5.11 Å². The van der Waals surface area contributed by atoms with Gasteiger partial charge in [0.2, 0.25) is 10.0 Å². The Morgan fingerprint density at radius 2 is 2.40 bits per heavy atom. The minimum atomic E-state index is -3.56. The van der Waals surface area contributed by atoms with Crippen LogP contribution in [0.15, 0.2) is 19.9 Å². The number of rotatable bonds is 1. The van der Waals surface area contributed by atoms with Gasteiger partial charge < -0.3 is 0 Å². The first-order chi connectivity index (χ1) is 4.61. The summed E-state index contributed by atoms with van der Waals surface area (Å²) in [4.78, 5) is 0. The maximum atomic E-state index is 10.6. The lowest BCUT2D eigenvalue weighted by Crippen LogP contribution is -2.13. The molecule has 0 saturated heterocycles. The topological polar surface area (TPSA) is 84.9 Å². The fourth-order valence-corrected chi connectivity index (χ4v) is 1.60. The van der Waals surface area contributed by atoms with E-state index in [0.29, 0.717) is 6.54 Å². The molecule has 1 aliphatic heterocycles. The van der Waals surface area contributed by atoms with Gasteiger partial charge in [-0.1, -0.05) is 0 Å². The van der Waals surface area contributed by atoms with Crippen molar-refractivity contribution in [2.75, 3.05) is 6.54 Å². The predicted molar refractivity (Wildman–Crippen MR) is 38.5 cm³/mol. The first kappa shape index (κ1) is 7.70. The van der Waals surface area contributed by atoms with Gasteiger partial charge in [-0.25, -0.2) is 13.6 Å². The molecule has 0 saturated carbocycles. The molecule has 0 bridgehead atoms. The molecule has 0 aliphatic carbocycles. The van der Waals surface area contributed by atoms with Crippen molar-refractivity contribution in [2.45, 2.75) is 0 Å². The Morgan fingerprint density at radius 3 is 2.70 bits per heavy atom. The number of nitrogens with two attached hydrogens (primary N) is 1. The van der Waals surface area contributed by atoms with Gasteiger partial charge in [0.05, 0.1) is 6.54 Å². The van der Waals surface area contributed by atoms with Crippen molar-refractivity contribution < 1.29 is 8.42 Å². The SMILES string of the molecule is NS(=O)(=O)C1=CCN=NS1. The Kier molecular flexibility index (Phi) is 2.07. The van der Waals surface area contributed by atoms with E-state index in [1.54, 1.807) is 0 Å². The predicted octanol–water partition coefficient (Wildman–Crippen LogP) is 0.230. The van der Waals surface area contributed by atoms with Crippen LogP contribution in [0.4, 0.5) is 0 Å². The van der Waals surface area contributed by atoms with E-state index < -0.39 is 10.0 Å². The van der Waals surface area contributed by atoms with Crippen LogP contribution in [-0.4, -0.2) is 15.0 Å². The summed E-state index contributed by atoms with van der Waals surface area (Å²) in [5.41, 5.74) is 0. The molecule has 5 nitrogen and oxygen atoms in total. The third-order valence-electron chi connectivity index (χ3n) is 0.809. The Hall–Kier alpha value is -0.400. The van der Waals surface area contributed by atoms with Crippen LogP contribution in [0.1, 0.15) is 0 Å². The highest BCUT2D eigenvalue weighted by Gasteiger charge is 2.13. The molecule has 1 rings (SSSR count). The summed E-state index contributed by atoms with van der Waals surface area (Å²) in [7, 11) is -3.56. The van der Waals surface area contributed by atoms with Crippen LogP contribution >= 0.6 is 11.9 Å². The van der Waals surface area contributed by atoms with Crippen molar-refractivity contribution in [1.82, 2.24) is 0 Å². The zero-order valence-electron chi connectivity index (χ0n) is 4.89. The monoisotopic (exact) mass is 179 g/mol. The second-order valence-corrected chi connectivity index (χ2v) is 4.14. The summed E-state index contributed by atoms with van der Waals surface area (Å²) in [5, 5.41) is 8.32. The molecule has 7 heteroatoms. The van der Waals surface area contributed by atoms with Crippen LogP contribution in [-0.2, 0) is 10.0 Å². The third-order valence-corrected chi connectivity index (χ3v) is 3.00. The lowest BCUT2D eigenvalue weighted by molar-refractivity contribution is 0.605. The third kappa shape index (κ3) is 1.79. The van der Waals surface area contributed by atoms with E-state index in [-0.39, 0.29) is 4.24 Å². The molecular formula is C3H5N3O2S2. The fourth-order valence-electron chi connectivity index (χ4n) is 0.423. The van der Waals surface area contributed by atoms with Crippen molar-refractivity contribution in [3.8, 4) is 0 Å². The van der Waals surface area contributed by atoms with Crippen molar-refractivity contribution >= 4 is 22.0 Å². The Balaban J connectivity index is 2.86. The maximum Gasteiger partial charge on any atom is 0.245 e. The van der Waals surface area contributed by atoms with E-state index in [0.717, 1.165) is 11.9 Å². The number of sulfonamides is 1. The van der Waals surface area contributed by atoms with E-state index in [1.807, 2.05) is 0 Å². The number of hydrogen-bond acceptors (Lipinski definition) is 5. The molecule has 0 unspecified atom stereocenters. The van der Waals surface area contributed by atoms with Gasteiger partial charge in [0.25, 0.3) is 0 Å². The first-order valence-corrected chi connectivity index (χ1v) is 4.69. The zero-order chi connectivity index (χ0) is 7.61. The van der Waals surface area contributed by atoms with E-state index in [4.69, 9.17) is 5.14 Å². The molecule has 0 aromatic rings. The first-order valence-electron chi connectivity index (χ1n) is 2.37. The molecule has 0 atom stereocenters. The Bertz CT molecular complexity index is 278. The quantitative estimate of drug-likeness (QED) is 0.585. The molecular weight excluding hydrogens is 174 g/mol. The van der Waals surface area contributed by atoms with Crippen LogP contribution in [0.2, 0.25) is 0 Å². The minimum absolute atomic E-state index is 0.0718.